The van der Waals surface area contributed by atoms with E-state index in [-0.39, 0.29) is 6.10 Å². The largest absolute Gasteiger partial charge is 0.487 e. The molecule has 0 amide bonds. The molecule has 1 aromatic carbocycles. The van der Waals surface area contributed by atoms with Crippen molar-refractivity contribution in [2.24, 2.45) is 4.99 Å². The Morgan fingerprint density at radius 3 is 2.67 bits per heavy atom. The Kier molecular flexibility index (Phi) is 9.48. The van der Waals surface area contributed by atoms with Crippen LogP contribution in [-0.4, -0.2) is 46.5 Å². The third-order valence-electron chi connectivity index (χ3n) is 3.98. The molecule has 0 saturated carbocycles. The highest BCUT2D eigenvalue weighted by molar-refractivity contribution is 6.32. The summed E-state index contributed by atoms with van der Waals surface area (Å²) in [6, 6.07) is 7.53. The molecule has 0 fully saturated rings. The van der Waals surface area contributed by atoms with Crippen LogP contribution in [0.25, 0.3) is 0 Å². The molecule has 2 rings (SSSR count). The number of aromatic nitrogens is 3. The van der Waals surface area contributed by atoms with E-state index < -0.39 is 0 Å². The van der Waals surface area contributed by atoms with Crippen LogP contribution in [0.15, 0.2) is 41.9 Å². The van der Waals surface area contributed by atoms with Gasteiger partial charge in [0, 0.05) is 19.6 Å². The molecule has 0 saturated heterocycles. The molecular weight excluding hydrogens is 364 g/mol. The zero-order valence-corrected chi connectivity index (χ0v) is 16.8. The van der Waals surface area contributed by atoms with Crippen LogP contribution in [-0.2, 0) is 6.54 Å². The average Bonchev–Trinajstić information content (AvgIpc) is 3.19. The first-order chi connectivity index (χ1) is 13.2. The van der Waals surface area contributed by atoms with Gasteiger partial charge in [-0.05, 0) is 38.3 Å². The minimum Gasteiger partial charge on any atom is -0.487 e. The van der Waals surface area contributed by atoms with Gasteiger partial charge in [0.25, 0.3) is 0 Å². The number of nitrogens with zero attached hydrogens (tertiary/aromatic N) is 4. The Morgan fingerprint density at radius 1 is 1.19 bits per heavy atom. The first-order valence-electron chi connectivity index (χ1n) is 9.48. The number of benzene rings is 1. The van der Waals surface area contributed by atoms with Crippen molar-refractivity contribution in [2.45, 2.75) is 45.8 Å². The molecule has 1 heterocycles. The fourth-order valence-corrected chi connectivity index (χ4v) is 2.65. The number of rotatable bonds is 11. The second-order valence-electron chi connectivity index (χ2n) is 6.13. The lowest BCUT2D eigenvalue weighted by Gasteiger charge is -2.18. The van der Waals surface area contributed by atoms with Crippen LogP contribution in [0.2, 0.25) is 5.02 Å². The van der Waals surface area contributed by atoms with Crippen LogP contribution in [0.3, 0.4) is 0 Å². The van der Waals surface area contributed by atoms with Gasteiger partial charge in [0.2, 0.25) is 0 Å². The molecule has 0 bridgehead atoms. The Hall–Kier alpha value is -2.28. The van der Waals surface area contributed by atoms with Gasteiger partial charge in [-0.15, -0.1) is 10.2 Å². The fourth-order valence-electron chi connectivity index (χ4n) is 2.47. The first kappa shape index (κ1) is 21.0. The second kappa shape index (κ2) is 12.2. The summed E-state index contributed by atoms with van der Waals surface area (Å²) in [7, 11) is 0. The molecule has 8 heteroatoms. The highest BCUT2D eigenvalue weighted by Crippen LogP contribution is 2.24. The molecular formula is C19H29ClN6O. The molecule has 0 radical (unpaired) electrons. The molecule has 27 heavy (non-hydrogen) atoms. The maximum atomic E-state index is 6.18. The maximum Gasteiger partial charge on any atom is 0.191 e. The zero-order valence-electron chi connectivity index (χ0n) is 16.1. The summed E-state index contributed by atoms with van der Waals surface area (Å²) < 4.78 is 7.98. The zero-order chi connectivity index (χ0) is 19.3. The number of aliphatic imine (C=N–C) groups is 1. The van der Waals surface area contributed by atoms with Crippen molar-refractivity contribution in [3.05, 3.63) is 41.9 Å². The number of aryl methyl sites for hydroxylation is 1. The van der Waals surface area contributed by atoms with E-state index in [0.717, 1.165) is 44.9 Å². The number of hydrogen-bond donors (Lipinski definition) is 2. The molecule has 0 spiro atoms. The fraction of sp³-hybridized carbons (Fsp3) is 0.526. The van der Waals surface area contributed by atoms with Gasteiger partial charge in [-0.25, -0.2) is 4.99 Å². The number of nitrogens with one attached hydrogen (secondary N) is 2. The molecule has 0 aliphatic heterocycles. The lowest BCUT2D eigenvalue weighted by atomic mass is 10.2. The van der Waals surface area contributed by atoms with E-state index >= 15 is 0 Å². The van der Waals surface area contributed by atoms with E-state index in [9.17, 15) is 0 Å². The summed E-state index contributed by atoms with van der Waals surface area (Å²) in [5, 5.41) is 14.9. The third-order valence-corrected chi connectivity index (χ3v) is 4.30. The van der Waals surface area contributed by atoms with Gasteiger partial charge in [0.05, 0.1) is 11.6 Å². The number of halogens is 1. The standard InChI is InChI=1S/C19H29ClN6O/c1-3-16(27-18-10-6-5-9-17(18)20)13-23-19(21-4-2)22-11-7-8-12-26-14-24-25-15-26/h5-6,9-10,14-16H,3-4,7-8,11-13H2,1-2H3,(H2,21,22,23). The van der Waals surface area contributed by atoms with Crippen molar-refractivity contribution in [2.75, 3.05) is 19.6 Å². The van der Waals surface area contributed by atoms with Crippen LogP contribution < -0.4 is 15.4 Å². The molecule has 1 aromatic heterocycles. The third kappa shape index (κ3) is 7.86. The molecule has 1 atom stereocenters. The van der Waals surface area contributed by atoms with Crippen LogP contribution >= 0.6 is 11.6 Å². The lowest BCUT2D eigenvalue weighted by Crippen LogP contribution is -2.38. The Bertz CT molecular complexity index is 677. The number of guanidine groups is 1. The SMILES string of the molecule is CCNC(=NCC(CC)Oc1ccccc1Cl)NCCCCn1cnnc1. The van der Waals surface area contributed by atoms with E-state index in [1.807, 2.05) is 28.8 Å². The summed E-state index contributed by atoms with van der Waals surface area (Å²) in [4.78, 5) is 4.66. The molecule has 0 aliphatic rings. The van der Waals surface area contributed by atoms with E-state index in [4.69, 9.17) is 16.3 Å². The topological polar surface area (TPSA) is 76.4 Å². The van der Waals surface area contributed by atoms with Crippen molar-refractivity contribution in [3.63, 3.8) is 0 Å². The average molecular weight is 393 g/mol. The van der Waals surface area contributed by atoms with E-state index in [2.05, 4.69) is 39.7 Å². The Balaban J connectivity index is 1.77. The van der Waals surface area contributed by atoms with Gasteiger partial charge >= 0.3 is 0 Å². The van der Waals surface area contributed by atoms with Gasteiger partial charge < -0.3 is 19.9 Å². The molecule has 2 N–H and O–H groups in total. The molecule has 2 aromatic rings. The predicted molar refractivity (Wildman–Crippen MR) is 109 cm³/mol. The van der Waals surface area contributed by atoms with Crippen molar-refractivity contribution >= 4 is 17.6 Å². The molecule has 1 unspecified atom stereocenters. The highest BCUT2D eigenvalue weighted by atomic mass is 35.5. The summed E-state index contributed by atoms with van der Waals surface area (Å²) in [6.45, 7) is 7.30. The number of hydrogen-bond acceptors (Lipinski definition) is 4. The number of unbranched alkanes of at least 4 members (excludes halogenated alkanes) is 1. The van der Waals surface area contributed by atoms with Gasteiger partial charge in [-0.2, -0.15) is 0 Å². The van der Waals surface area contributed by atoms with Crippen LogP contribution in [0.4, 0.5) is 0 Å². The maximum absolute atomic E-state index is 6.18. The first-order valence-corrected chi connectivity index (χ1v) is 9.86. The normalized spacial score (nSPS) is 12.6. The minimum atomic E-state index is -0.0194. The van der Waals surface area contributed by atoms with Crippen LogP contribution in [0.5, 0.6) is 5.75 Å². The van der Waals surface area contributed by atoms with E-state index in [1.165, 1.54) is 0 Å². The lowest BCUT2D eigenvalue weighted by molar-refractivity contribution is 0.206. The van der Waals surface area contributed by atoms with E-state index in [1.54, 1.807) is 12.7 Å². The second-order valence-corrected chi connectivity index (χ2v) is 6.54. The minimum absolute atomic E-state index is 0.0194. The number of para-hydroxylation sites is 1. The van der Waals surface area contributed by atoms with E-state index in [0.29, 0.717) is 17.3 Å². The summed E-state index contributed by atoms with van der Waals surface area (Å²) in [5.41, 5.74) is 0. The molecule has 0 aliphatic carbocycles. The van der Waals surface area contributed by atoms with Crippen molar-refractivity contribution in [1.29, 1.82) is 0 Å². The quantitative estimate of drug-likeness (QED) is 0.349. The number of ether oxygens (including phenoxy) is 1. The van der Waals surface area contributed by atoms with Gasteiger partial charge in [0.15, 0.2) is 5.96 Å². The van der Waals surface area contributed by atoms with Gasteiger partial charge in [0.1, 0.15) is 24.5 Å². The molecule has 148 valence electrons. The van der Waals surface area contributed by atoms with Gasteiger partial charge in [-0.1, -0.05) is 30.7 Å². The smallest absolute Gasteiger partial charge is 0.191 e. The molecule has 7 nitrogen and oxygen atoms in total. The summed E-state index contributed by atoms with van der Waals surface area (Å²) in [6.07, 6.45) is 6.40. The summed E-state index contributed by atoms with van der Waals surface area (Å²) in [5.74, 6) is 1.51. The van der Waals surface area contributed by atoms with Crippen molar-refractivity contribution < 1.29 is 4.74 Å². The van der Waals surface area contributed by atoms with Gasteiger partial charge in [-0.3, -0.25) is 0 Å². The Labute approximate surface area is 166 Å². The van der Waals surface area contributed by atoms with Crippen LogP contribution in [0, 0.1) is 0 Å². The predicted octanol–water partition coefficient (Wildman–Crippen LogP) is 3.12. The van der Waals surface area contributed by atoms with Crippen molar-refractivity contribution in [1.82, 2.24) is 25.4 Å². The van der Waals surface area contributed by atoms with Crippen LogP contribution in [0.1, 0.15) is 33.1 Å². The van der Waals surface area contributed by atoms with Crippen molar-refractivity contribution in [3.8, 4) is 5.75 Å². The Morgan fingerprint density at radius 2 is 1.96 bits per heavy atom. The monoisotopic (exact) mass is 392 g/mol. The highest BCUT2D eigenvalue weighted by Gasteiger charge is 2.10. The summed E-state index contributed by atoms with van der Waals surface area (Å²) >= 11 is 6.18.